The van der Waals surface area contributed by atoms with Crippen LogP contribution in [0.3, 0.4) is 0 Å². The fourth-order valence-electron chi connectivity index (χ4n) is 5.49. The first-order valence-electron chi connectivity index (χ1n) is 12.8. The van der Waals surface area contributed by atoms with Crippen molar-refractivity contribution < 1.29 is 33.3 Å². The van der Waals surface area contributed by atoms with Crippen molar-refractivity contribution in [3.8, 4) is 11.5 Å². The number of aliphatic imine (C=N–C) groups is 1. The summed E-state index contributed by atoms with van der Waals surface area (Å²) in [5.74, 6) is -3.06. The summed E-state index contributed by atoms with van der Waals surface area (Å²) in [7, 11) is 3.15. The molecule has 1 unspecified atom stereocenters. The van der Waals surface area contributed by atoms with E-state index in [1.165, 1.54) is 0 Å². The molecule has 4 rings (SSSR count). The van der Waals surface area contributed by atoms with Crippen molar-refractivity contribution >= 4 is 23.4 Å². The Morgan fingerprint density at radius 2 is 1.39 bits per heavy atom. The first kappa shape index (κ1) is 27.1. The van der Waals surface area contributed by atoms with Gasteiger partial charge >= 0.3 is 11.9 Å². The van der Waals surface area contributed by atoms with E-state index in [0.717, 1.165) is 11.1 Å². The van der Waals surface area contributed by atoms with Crippen LogP contribution in [-0.2, 0) is 23.9 Å². The number of methoxy groups -OCH3 is 2. The Hall–Kier alpha value is -3.94. The van der Waals surface area contributed by atoms with E-state index in [1.807, 2.05) is 24.3 Å². The molecule has 1 fully saturated rings. The van der Waals surface area contributed by atoms with E-state index in [2.05, 4.69) is 0 Å². The number of carbonyl (C=O) groups excluding carboxylic acids is 3. The highest BCUT2D eigenvalue weighted by Gasteiger charge is 2.53. The van der Waals surface area contributed by atoms with Gasteiger partial charge in [0.2, 0.25) is 0 Å². The third-order valence-corrected chi connectivity index (χ3v) is 7.20. The maximum absolute atomic E-state index is 14.3. The van der Waals surface area contributed by atoms with Crippen molar-refractivity contribution in [2.75, 3.05) is 27.4 Å². The number of benzene rings is 2. The lowest BCUT2D eigenvalue weighted by molar-refractivity contribution is -0.153. The molecule has 0 spiro atoms. The molecule has 0 N–H and O–H groups in total. The molecule has 8 heteroatoms. The average molecular weight is 520 g/mol. The van der Waals surface area contributed by atoms with Gasteiger partial charge in [0.1, 0.15) is 17.4 Å². The molecule has 0 bridgehead atoms. The number of fused-ring (bicyclic) bond motifs is 1. The number of ketones is 1. The molecule has 0 radical (unpaired) electrons. The van der Waals surface area contributed by atoms with Crippen LogP contribution in [0.1, 0.15) is 50.2 Å². The Morgan fingerprint density at radius 3 is 1.92 bits per heavy atom. The van der Waals surface area contributed by atoms with Gasteiger partial charge in [-0.3, -0.25) is 14.6 Å². The third-order valence-electron chi connectivity index (χ3n) is 7.20. The number of hydrogen-bond donors (Lipinski definition) is 0. The minimum Gasteiger partial charge on any atom is -0.497 e. The van der Waals surface area contributed by atoms with Gasteiger partial charge in [-0.1, -0.05) is 24.3 Å². The second-order valence-corrected chi connectivity index (χ2v) is 9.27. The first-order chi connectivity index (χ1) is 18.3. The molecule has 200 valence electrons. The van der Waals surface area contributed by atoms with E-state index < -0.39 is 35.6 Å². The van der Waals surface area contributed by atoms with Crippen LogP contribution < -0.4 is 9.47 Å². The molecule has 0 saturated heterocycles. The lowest BCUT2D eigenvalue weighted by atomic mass is 9.62. The summed E-state index contributed by atoms with van der Waals surface area (Å²) in [5, 5.41) is 0. The Balaban J connectivity index is 1.86. The van der Waals surface area contributed by atoms with Gasteiger partial charge in [0.05, 0.1) is 38.9 Å². The predicted molar refractivity (Wildman–Crippen MR) is 141 cm³/mol. The monoisotopic (exact) mass is 519 g/mol. The van der Waals surface area contributed by atoms with E-state index >= 15 is 0 Å². The summed E-state index contributed by atoms with van der Waals surface area (Å²) >= 11 is 0. The minimum atomic E-state index is -1.05. The Labute approximate surface area is 222 Å². The number of Topliss-reactive ketones (excluding diaryl/α,β-unsaturated/α-hetero) is 1. The summed E-state index contributed by atoms with van der Waals surface area (Å²) in [6.07, 6.45) is 0.367. The van der Waals surface area contributed by atoms with Gasteiger partial charge in [-0.15, -0.1) is 0 Å². The highest BCUT2D eigenvalue weighted by atomic mass is 16.5. The van der Waals surface area contributed by atoms with Crippen LogP contribution in [0.4, 0.5) is 0 Å². The predicted octanol–water partition coefficient (Wildman–Crippen LogP) is 4.63. The molecule has 8 nitrogen and oxygen atoms in total. The molecule has 1 aliphatic carbocycles. The zero-order valence-electron chi connectivity index (χ0n) is 22.4. The minimum absolute atomic E-state index is 0.151. The van der Waals surface area contributed by atoms with Gasteiger partial charge < -0.3 is 18.9 Å². The van der Waals surface area contributed by atoms with Crippen molar-refractivity contribution in [1.29, 1.82) is 0 Å². The van der Waals surface area contributed by atoms with E-state index in [0.29, 0.717) is 34.9 Å². The maximum atomic E-state index is 14.3. The zero-order chi connectivity index (χ0) is 27.4. The van der Waals surface area contributed by atoms with Gasteiger partial charge in [-0.05, 0) is 62.6 Å². The number of carbonyl (C=O) groups is 3. The quantitative estimate of drug-likeness (QED) is 0.370. The van der Waals surface area contributed by atoms with Gasteiger partial charge in [-0.2, -0.15) is 0 Å². The van der Waals surface area contributed by atoms with Crippen molar-refractivity contribution in [3.63, 3.8) is 0 Å². The molecule has 0 amide bonds. The van der Waals surface area contributed by atoms with Gasteiger partial charge in [0, 0.05) is 23.2 Å². The van der Waals surface area contributed by atoms with Crippen molar-refractivity contribution in [1.82, 2.24) is 0 Å². The third kappa shape index (κ3) is 5.08. The molecular weight excluding hydrogens is 486 g/mol. The number of rotatable bonds is 8. The molecule has 2 aromatic rings. The Morgan fingerprint density at radius 1 is 0.842 bits per heavy atom. The number of ether oxygens (including phenoxy) is 4. The largest absolute Gasteiger partial charge is 0.497 e. The van der Waals surface area contributed by atoms with Crippen LogP contribution in [-0.4, -0.2) is 50.9 Å². The highest BCUT2D eigenvalue weighted by molar-refractivity contribution is 6.17. The fourth-order valence-corrected chi connectivity index (χ4v) is 5.49. The van der Waals surface area contributed by atoms with Crippen molar-refractivity contribution in [2.45, 2.75) is 39.0 Å². The van der Waals surface area contributed by atoms with E-state index in [9.17, 15) is 14.4 Å². The lowest BCUT2D eigenvalue weighted by Crippen LogP contribution is -2.48. The second-order valence-electron chi connectivity index (χ2n) is 9.27. The number of nitrogens with zero attached hydrogens (tertiary/aromatic N) is 1. The maximum Gasteiger partial charge on any atom is 0.336 e. The Kier molecular flexibility index (Phi) is 8.29. The normalized spacial score (nSPS) is 22.8. The van der Waals surface area contributed by atoms with Crippen LogP contribution in [0.5, 0.6) is 11.5 Å². The van der Waals surface area contributed by atoms with Crippen molar-refractivity contribution in [2.24, 2.45) is 16.8 Å². The van der Waals surface area contributed by atoms with E-state index in [1.54, 1.807) is 59.3 Å². The fraction of sp³-hybridized carbons (Fsp3) is 0.400. The molecule has 2 aliphatic rings. The van der Waals surface area contributed by atoms with Crippen LogP contribution in [0.15, 0.2) is 64.8 Å². The Bertz CT molecular complexity index is 1260. The zero-order valence-corrected chi connectivity index (χ0v) is 22.4. The smallest absolute Gasteiger partial charge is 0.336 e. The highest BCUT2D eigenvalue weighted by Crippen LogP contribution is 2.48. The molecule has 0 aromatic heterocycles. The number of esters is 2. The molecule has 1 saturated carbocycles. The lowest BCUT2D eigenvalue weighted by Gasteiger charge is -2.41. The molecule has 2 aromatic carbocycles. The molecular formula is C30H33NO7. The van der Waals surface area contributed by atoms with Gasteiger partial charge in [0.25, 0.3) is 0 Å². The van der Waals surface area contributed by atoms with Crippen LogP contribution in [0.2, 0.25) is 0 Å². The molecule has 4 atom stereocenters. The summed E-state index contributed by atoms with van der Waals surface area (Å²) in [6, 6.07) is 14.6. The van der Waals surface area contributed by atoms with Gasteiger partial charge in [0.15, 0.2) is 5.78 Å². The van der Waals surface area contributed by atoms with Crippen LogP contribution >= 0.6 is 0 Å². The summed E-state index contributed by atoms with van der Waals surface area (Å²) in [6.45, 7) is 5.54. The summed E-state index contributed by atoms with van der Waals surface area (Å²) in [4.78, 5) is 45.5. The topological polar surface area (TPSA) is 100 Å². The first-order valence-corrected chi connectivity index (χ1v) is 12.8. The van der Waals surface area contributed by atoms with E-state index in [-0.39, 0.29) is 19.0 Å². The molecule has 38 heavy (non-hydrogen) atoms. The molecule has 1 aliphatic heterocycles. The van der Waals surface area contributed by atoms with E-state index in [4.69, 9.17) is 23.9 Å². The average Bonchev–Trinajstić information content (AvgIpc) is 2.92. The van der Waals surface area contributed by atoms with Crippen molar-refractivity contribution in [3.05, 3.63) is 70.9 Å². The second kappa shape index (κ2) is 11.6. The summed E-state index contributed by atoms with van der Waals surface area (Å²) in [5.41, 5.74) is 3.03. The standard InChI is InChI=1S/C30H33NO7/c1-6-37-29(33)24-17(3)31-23-16-22(18-8-12-20(35-4)13-9-18)26(30(34)38-7-2)28(32)27(23)25(24)19-10-14-21(36-5)15-11-19/h8-15,22,25-27H,6-7,16H2,1-5H3/t22-,25+,26+,27?/m0/s1. The van der Waals surface area contributed by atoms with Crippen LogP contribution in [0.25, 0.3) is 0 Å². The number of hydrogen-bond acceptors (Lipinski definition) is 8. The number of allylic oxidation sites excluding steroid dienone is 1. The summed E-state index contributed by atoms with van der Waals surface area (Å²) < 4.78 is 21.4. The molecule has 1 heterocycles. The SMILES string of the molecule is CCOC(=O)C1=C(C)N=C2C[C@@H](c3ccc(OC)cc3)[C@@H](C(=O)OCC)C(=O)C2[C@@H]1c1ccc(OC)cc1. The van der Waals surface area contributed by atoms with Gasteiger partial charge in [-0.25, -0.2) is 4.79 Å². The van der Waals surface area contributed by atoms with Crippen LogP contribution in [0, 0.1) is 11.8 Å².